The Hall–Kier alpha value is -3.25. The van der Waals surface area contributed by atoms with E-state index in [0.29, 0.717) is 5.95 Å². The number of hydrogen-bond acceptors (Lipinski definition) is 4. The average Bonchev–Trinajstić information content (AvgIpc) is 3.50. The Bertz CT molecular complexity index is 1050. The van der Waals surface area contributed by atoms with Gasteiger partial charge in [-0.05, 0) is 31.0 Å². The zero-order valence-corrected chi connectivity index (χ0v) is 15.5. The first-order chi connectivity index (χ1) is 13.9. The van der Waals surface area contributed by atoms with Crippen LogP contribution < -0.4 is 0 Å². The summed E-state index contributed by atoms with van der Waals surface area (Å²) in [7, 11) is 0. The Balaban J connectivity index is 1.65. The van der Waals surface area contributed by atoms with Crippen molar-refractivity contribution in [2.45, 2.75) is 25.5 Å². The molecule has 4 aromatic rings. The standard InChI is InChI=1S/C22H21N5O/c1-2-7-17(8-3-1)20-21(26(16-25-20)15-18-9-5-14-28-18)19-10-4-13-27(19)22-23-11-6-12-24-22/h1-4,6-8,10-13,16,18H,5,9,14-15H2/t18-/m1/s1. The summed E-state index contributed by atoms with van der Waals surface area (Å²) in [5.41, 5.74) is 4.11. The molecular weight excluding hydrogens is 350 g/mol. The van der Waals surface area contributed by atoms with Crippen molar-refractivity contribution in [2.75, 3.05) is 6.61 Å². The summed E-state index contributed by atoms with van der Waals surface area (Å²) in [5, 5.41) is 0. The maximum Gasteiger partial charge on any atom is 0.234 e. The molecular formula is C22H21N5O. The van der Waals surface area contributed by atoms with E-state index in [4.69, 9.17) is 9.72 Å². The second kappa shape index (κ2) is 7.40. The minimum atomic E-state index is 0.230. The van der Waals surface area contributed by atoms with Crippen LogP contribution in [0.4, 0.5) is 0 Å². The molecule has 1 saturated heterocycles. The lowest BCUT2D eigenvalue weighted by atomic mass is 10.1. The molecule has 0 radical (unpaired) electrons. The molecule has 0 spiro atoms. The van der Waals surface area contributed by atoms with Crippen LogP contribution in [-0.2, 0) is 11.3 Å². The highest BCUT2D eigenvalue weighted by Crippen LogP contribution is 2.33. The van der Waals surface area contributed by atoms with E-state index in [1.54, 1.807) is 12.4 Å². The molecule has 1 aliphatic heterocycles. The van der Waals surface area contributed by atoms with Gasteiger partial charge in [0.05, 0.1) is 36.1 Å². The molecule has 1 atom stereocenters. The molecule has 0 unspecified atom stereocenters. The molecule has 140 valence electrons. The van der Waals surface area contributed by atoms with Crippen LogP contribution in [0.5, 0.6) is 0 Å². The molecule has 3 aromatic heterocycles. The number of ether oxygens (including phenoxy) is 1. The fourth-order valence-corrected chi connectivity index (χ4v) is 3.77. The molecule has 5 rings (SSSR count). The van der Waals surface area contributed by atoms with Crippen LogP contribution in [0.25, 0.3) is 28.6 Å². The first kappa shape index (κ1) is 16.9. The number of imidazole rings is 1. The summed E-state index contributed by atoms with van der Waals surface area (Å²) in [6.45, 7) is 1.63. The van der Waals surface area contributed by atoms with Crippen LogP contribution in [0.1, 0.15) is 12.8 Å². The van der Waals surface area contributed by atoms with Gasteiger partial charge in [0.2, 0.25) is 5.95 Å². The Morgan fingerprint density at radius 3 is 2.61 bits per heavy atom. The number of nitrogens with zero attached hydrogens (tertiary/aromatic N) is 5. The monoisotopic (exact) mass is 371 g/mol. The third kappa shape index (κ3) is 3.12. The molecule has 0 saturated carbocycles. The van der Waals surface area contributed by atoms with E-state index in [9.17, 15) is 0 Å². The summed E-state index contributed by atoms with van der Waals surface area (Å²) in [6.07, 6.45) is 9.86. The van der Waals surface area contributed by atoms with Crippen LogP contribution in [0.15, 0.2) is 73.4 Å². The highest BCUT2D eigenvalue weighted by Gasteiger charge is 2.23. The van der Waals surface area contributed by atoms with Crippen molar-refractivity contribution >= 4 is 0 Å². The Morgan fingerprint density at radius 1 is 0.964 bits per heavy atom. The molecule has 1 aliphatic rings. The zero-order valence-electron chi connectivity index (χ0n) is 15.5. The summed E-state index contributed by atoms with van der Waals surface area (Å²) >= 11 is 0. The van der Waals surface area contributed by atoms with E-state index in [0.717, 1.165) is 48.6 Å². The second-order valence-corrected chi connectivity index (χ2v) is 6.91. The molecule has 6 nitrogen and oxygen atoms in total. The maximum absolute atomic E-state index is 5.88. The van der Waals surface area contributed by atoms with Gasteiger partial charge in [-0.1, -0.05) is 30.3 Å². The molecule has 0 amide bonds. The third-order valence-corrected chi connectivity index (χ3v) is 5.07. The van der Waals surface area contributed by atoms with Crippen LogP contribution in [0.2, 0.25) is 0 Å². The van der Waals surface area contributed by atoms with Crippen molar-refractivity contribution in [3.63, 3.8) is 0 Å². The van der Waals surface area contributed by atoms with Gasteiger partial charge < -0.3 is 9.30 Å². The SMILES string of the molecule is c1ccc(-c2ncn(C[C@H]3CCCO3)c2-c2cccn2-c2ncccn2)cc1. The van der Waals surface area contributed by atoms with Crippen LogP contribution >= 0.6 is 0 Å². The van der Waals surface area contributed by atoms with Crippen LogP contribution in [-0.4, -0.2) is 36.8 Å². The van der Waals surface area contributed by atoms with Crippen LogP contribution in [0.3, 0.4) is 0 Å². The molecule has 6 heteroatoms. The average molecular weight is 371 g/mol. The predicted octanol–water partition coefficient (Wildman–Crippen LogP) is 3.98. The summed E-state index contributed by atoms with van der Waals surface area (Å²) in [5.74, 6) is 0.645. The predicted molar refractivity (Wildman–Crippen MR) is 107 cm³/mol. The van der Waals surface area contributed by atoms with Crippen molar-refractivity contribution < 1.29 is 4.74 Å². The molecule has 0 N–H and O–H groups in total. The van der Waals surface area contributed by atoms with E-state index in [1.807, 2.05) is 47.4 Å². The van der Waals surface area contributed by atoms with E-state index >= 15 is 0 Å². The number of aromatic nitrogens is 5. The summed E-state index contributed by atoms with van der Waals surface area (Å²) in [4.78, 5) is 13.6. The lowest BCUT2D eigenvalue weighted by Crippen LogP contribution is -2.16. The Kier molecular flexibility index (Phi) is 4.47. The van der Waals surface area contributed by atoms with Gasteiger partial charge in [0.1, 0.15) is 0 Å². The third-order valence-electron chi connectivity index (χ3n) is 5.07. The van der Waals surface area contributed by atoms with Gasteiger partial charge in [-0.3, -0.25) is 4.57 Å². The first-order valence-electron chi connectivity index (χ1n) is 9.57. The van der Waals surface area contributed by atoms with Gasteiger partial charge in [0.15, 0.2) is 0 Å². The minimum Gasteiger partial charge on any atom is -0.376 e. The highest BCUT2D eigenvalue weighted by molar-refractivity contribution is 5.77. The van der Waals surface area contributed by atoms with E-state index in [1.165, 1.54) is 0 Å². The van der Waals surface area contributed by atoms with Crippen molar-refractivity contribution in [1.29, 1.82) is 0 Å². The van der Waals surface area contributed by atoms with Gasteiger partial charge in [-0.25, -0.2) is 15.0 Å². The van der Waals surface area contributed by atoms with E-state index < -0.39 is 0 Å². The maximum atomic E-state index is 5.88. The summed E-state index contributed by atoms with van der Waals surface area (Å²) in [6, 6.07) is 16.2. The van der Waals surface area contributed by atoms with E-state index in [2.05, 4.69) is 32.7 Å². The van der Waals surface area contributed by atoms with Crippen molar-refractivity contribution in [3.05, 3.63) is 73.4 Å². The highest BCUT2D eigenvalue weighted by atomic mass is 16.5. The fourth-order valence-electron chi connectivity index (χ4n) is 3.77. The fraction of sp³-hybridized carbons (Fsp3) is 0.227. The zero-order chi connectivity index (χ0) is 18.8. The molecule has 28 heavy (non-hydrogen) atoms. The molecule has 0 bridgehead atoms. The number of benzene rings is 1. The lowest BCUT2D eigenvalue weighted by Gasteiger charge is -2.16. The van der Waals surface area contributed by atoms with Gasteiger partial charge in [0.25, 0.3) is 0 Å². The number of rotatable bonds is 5. The van der Waals surface area contributed by atoms with Gasteiger partial charge in [-0.15, -0.1) is 0 Å². The van der Waals surface area contributed by atoms with Gasteiger partial charge >= 0.3 is 0 Å². The van der Waals surface area contributed by atoms with Crippen LogP contribution in [0, 0.1) is 0 Å². The smallest absolute Gasteiger partial charge is 0.234 e. The van der Waals surface area contributed by atoms with Gasteiger partial charge in [-0.2, -0.15) is 0 Å². The largest absolute Gasteiger partial charge is 0.376 e. The van der Waals surface area contributed by atoms with Crippen molar-refractivity contribution in [2.24, 2.45) is 0 Å². The Morgan fingerprint density at radius 2 is 1.82 bits per heavy atom. The lowest BCUT2D eigenvalue weighted by molar-refractivity contribution is 0.0973. The minimum absolute atomic E-state index is 0.230. The topological polar surface area (TPSA) is 57.8 Å². The van der Waals surface area contributed by atoms with Gasteiger partial charge in [0, 0.05) is 30.8 Å². The summed E-state index contributed by atoms with van der Waals surface area (Å²) < 4.78 is 10.1. The molecule has 1 aromatic carbocycles. The van der Waals surface area contributed by atoms with Crippen molar-refractivity contribution in [3.8, 4) is 28.6 Å². The van der Waals surface area contributed by atoms with Crippen molar-refractivity contribution in [1.82, 2.24) is 24.1 Å². The Labute approximate surface area is 163 Å². The number of hydrogen-bond donors (Lipinski definition) is 0. The normalized spacial score (nSPS) is 16.5. The quantitative estimate of drug-likeness (QED) is 0.532. The first-order valence-corrected chi connectivity index (χ1v) is 9.57. The molecule has 1 fully saturated rings. The molecule has 4 heterocycles. The second-order valence-electron chi connectivity index (χ2n) is 6.91. The molecule has 0 aliphatic carbocycles. The van der Waals surface area contributed by atoms with E-state index in [-0.39, 0.29) is 6.10 Å².